The van der Waals surface area contributed by atoms with E-state index in [2.05, 4.69) is 15.0 Å². The van der Waals surface area contributed by atoms with Crippen molar-refractivity contribution >= 4 is 33.0 Å². The minimum Gasteiger partial charge on any atom is -0.406 e. The number of ether oxygens (including phenoxy) is 1. The Balaban J connectivity index is 2.69. The van der Waals surface area contributed by atoms with Crippen LogP contribution < -0.4 is 10.5 Å². The SMILES string of the molecule is CS(=O)(=O)C1=C(C#N)N=NC1(N)c1c(Cl)cc(OC(F)(F)F)cc1Cl. The number of rotatable bonds is 3. The lowest BCUT2D eigenvalue weighted by molar-refractivity contribution is -0.274. The molecule has 2 rings (SSSR count). The lowest BCUT2D eigenvalue weighted by Crippen LogP contribution is -2.38. The number of azo groups is 1. The van der Waals surface area contributed by atoms with Gasteiger partial charge in [0.15, 0.2) is 21.2 Å². The summed E-state index contributed by atoms with van der Waals surface area (Å²) in [6.45, 7) is 0. The number of nitriles is 1. The summed E-state index contributed by atoms with van der Waals surface area (Å²) in [6.07, 6.45) is -4.23. The number of allylic oxidation sites excluding steroid dienone is 1. The van der Waals surface area contributed by atoms with Crippen molar-refractivity contribution in [3.63, 3.8) is 0 Å². The molecule has 0 aliphatic carbocycles. The second kappa shape index (κ2) is 6.14. The molecule has 0 amide bonds. The lowest BCUT2D eigenvalue weighted by Gasteiger charge is -2.25. The Hall–Kier alpha value is -1.87. The molecule has 1 aliphatic rings. The molecular weight excluding hydrogens is 408 g/mol. The number of hydrogen-bond acceptors (Lipinski definition) is 7. The predicted octanol–water partition coefficient (Wildman–Crippen LogP) is 3.25. The topological polar surface area (TPSA) is 118 Å². The Bertz CT molecular complexity index is 930. The Morgan fingerprint density at radius 1 is 1.32 bits per heavy atom. The summed E-state index contributed by atoms with van der Waals surface area (Å²) >= 11 is 11.9. The summed E-state index contributed by atoms with van der Waals surface area (Å²) in [5.41, 5.74) is 2.81. The highest BCUT2D eigenvalue weighted by atomic mass is 35.5. The molecule has 0 saturated heterocycles. The van der Waals surface area contributed by atoms with Crippen LogP contribution in [-0.2, 0) is 15.5 Å². The third-order valence-electron chi connectivity index (χ3n) is 2.98. The summed E-state index contributed by atoms with van der Waals surface area (Å²) in [5, 5.41) is 15.1. The van der Waals surface area contributed by atoms with Gasteiger partial charge in [0.2, 0.25) is 0 Å². The molecule has 0 aromatic heterocycles. The highest BCUT2D eigenvalue weighted by molar-refractivity contribution is 7.94. The van der Waals surface area contributed by atoms with Crippen molar-refractivity contribution in [3.8, 4) is 11.8 Å². The fourth-order valence-electron chi connectivity index (χ4n) is 2.20. The van der Waals surface area contributed by atoms with Gasteiger partial charge >= 0.3 is 6.36 Å². The van der Waals surface area contributed by atoms with E-state index in [9.17, 15) is 21.6 Å². The second-order valence-corrected chi connectivity index (χ2v) is 7.60. The Morgan fingerprint density at radius 3 is 2.24 bits per heavy atom. The molecule has 0 radical (unpaired) electrons. The molecule has 2 N–H and O–H groups in total. The van der Waals surface area contributed by atoms with Crippen molar-refractivity contribution < 1.29 is 26.3 Å². The number of alkyl halides is 3. The fourth-order valence-corrected chi connectivity index (χ4v) is 4.10. The molecule has 0 fully saturated rings. The molecule has 1 aromatic carbocycles. The third-order valence-corrected chi connectivity index (χ3v) is 4.82. The second-order valence-electron chi connectivity index (χ2n) is 4.84. The number of nitrogens with two attached hydrogens (primary N) is 1. The van der Waals surface area contributed by atoms with Gasteiger partial charge in [0.05, 0.1) is 10.0 Å². The molecule has 1 atom stereocenters. The molecule has 25 heavy (non-hydrogen) atoms. The van der Waals surface area contributed by atoms with Crippen molar-refractivity contribution in [2.75, 3.05) is 6.26 Å². The first-order valence-electron chi connectivity index (χ1n) is 6.11. The minimum atomic E-state index is -4.99. The van der Waals surface area contributed by atoms with Crippen molar-refractivity contribution in [1.29, 1.82) is 5.26 Å². The maximum Gasteiger partial charge on any atom is 0.573 e. The van der Waals surface area contributed by atoms with E-state index in [0.29, 0.717) is 0 Å². The van der Waals surface area contributed by atoms with E-state index in [-0.39, 0.29) is 5.56 Å². The van der Waals surface area contributed by atoms with Gasteiger partial charge in [0.25, 0.3) is 0 Å². The molecule has 1 unspecified atom stereocenters. The van der Waals surface area contributed by atoms with Gasteiger partial charge < -0.3 is 4.74 Å². The number of benzene rings is 1. The summed E-state index contributed by atoms with van der Waals surface area (Å²) in [7, 11) is -4.08. The van der Waals surface area contributed by atoms with Gasteiger partial charge in [-0.05, 0) is 12.1 Å². The molecule has 1 aliphatic heterocycles. The van der Waals surface area contributed by atoms with Crippen LogP contribution in [0.4, 0.5) is 13.2 Å². The summed E-state index contributed by atoms with van der Waals surface area (Å²) in [6, 6.07) is 3.01. The Kier molecular flexibility index (Phi) is 4.77. The summed E-state index contributed by atoms with van der Waals surface area (Å²) in [5.74, 6) is -0.741. The summed E-state index contributed by atoms with van der Waals surface area (Å²) < 4.78 is 64.6. The third kappa shape index (κ3) is 3.72. The van der Waals surface area contributed by atoms with Crippen LogP contribution in [0.15, 0.2) is 33.0 Å². The van der Waals surface area contributed by atoms with Crippen LogP contribution in [0.1, 0.15) is 5.56 Å². The first kappa shape index (κ1) is 19.5. The average Bonchev–Trinajstić information content (AvgIpc) is 2.73. The Labute approximate surface area is 149 Å². The normalized spacial score (nSPS) is 20.7. The smallest absolute Gasteiger partial charge is 0.406 e. The first-order valence-corrected chi connectivity index (χ1v) is 8.76. The first-order chi connectivity index (χ1) is 11.3. The van der Waals surface area contributed by atoms with Crippen molar-refractivity contribution in [1.82, 2.24) is 0 Å². The van der Waals surface area contributed by atoms with Gasteiger partial charge in [0, 0.05) is 11.8 Å². The van der Waals surface area contributed by atoms with Crippen LogP contribution in [-0.4, -0.2) is 21.0 Å². The molecule has 0 spiro atoms. The maximum absolute atomic E-state index is 12.3. The zero-order chi connectivity index (χ0) is 19.2. The van der Waals surface area contributed by atoms with Gasteiger partial charge in [-0.15, -0.1) is 18.3 Å². The molecule has 7 nitrogen and oxygen atoms in total. The van der Waals surface area contributed by atoms with Crippen molar-refractivity contribution in [3.05, 3.63) is 38.3 Å². The van der Waals surface area contributed by atoms with Gasteiger partial charge in [-0.1, -0.05) is 23.2 Å². The van der Waals surface area contributed by atoms with Crippen LogP contribution in [0.25, 0.3) is 0 Å². The molecule has 1 heterocycles. The van der Waals surface area contributed by atoms with Crippen LogP contribution >= 0.6 is 23.2 Å². The largest absolute Gasteiger partial charge is 0.573 e. The minimum absolute atomic E-state index is 0.334. The lowest BCUT2D eigenvalue weighted by atomic mass is 9.99. The van der Waals surface area contributed by atoms with Crippen LogP contribution in [0, 0.1) is 11.3 Å². The van der Waals surface area contributed by atoms with Crippen LogP contribution in [0.5, 0.6) is 5.75 Å². The van der Waals surface area contributed by atoms with E-state index < -0.39 is 48.3 Å². The van der Waals surface area contributed by atoms with E-state index in [1.807, 2.05) is 0 Å². The molecule has 0 saturated carbocycles. The molecule has 0 bridgehead atoms. The molecular formula is C12H7Cl2F3N4O3S. The zero-order valence-electron chi connectivity index (χ0n) is 12.1. The number of sulfone groups is 1. The van der Waals surface area contributed by atoms with Gasteiger partial charge in [-0.25, -0.2) is 8.42 Å². The highest BCUT2D eigenvalue weighted by Gasteiger charge is 2.47. The van der Waals surface area contributed by atoms with Crippen molar-refractivity contribution in [2.45, 2.75) is 12.0 Å². The van der Waals surface area contributed by atoms with Gasteiger partial charge in [-0.3, -0.25) is 5.73 Å². The van der Waals surface area contributed by atoms with Crippen LogP contribution in [0.3, 0.4) is 0 Å². The molecule has 1 aromatic rings. The van der Waals surface area contributed by atoms with E-state index >= 15 is 0 Å². The van der Waals surface area contributed by atoms with E-state index in [0.717, 1.165) is 18.4 Å². The highest BCUT2D eigenvalue weighted by Crippen LogP contribution is 2.46. The zero-order valence-corrected chi connectivity index (χ0v) is 14.4. The van der Waals surface area contributed by atoms with E-state index in [4.69, 9.17) is 34.2 Å². The number of hydrogen-bond donors (Lipinski definition) is 1. The molecule has 134 valence electrons. The maximum atomic E-state index is 12.3. The van der Waals surface area contributed by atoms with Gasteiger partial charge in [-0.2, -0.15) is 10.4 Å². The van der Waals surface area contributed by atoms with Crippen LogP contribution in [0.2, 0.25) is 10.0 Å². The van der Waals surface area contributed by atoms with Gasteiger partial charge in [0.1, 0.15) is 16.7 Å². The summed E-state index contributed by atoms with van der Waals surface area (Å²) in [4.78, 5) is -0.671. The van der Waals surface area contributed by atoms with Crippen molar-refractivity contribution in [2.24, 2.45) is 16.0 Å². The molecule has 13 heteroatoms. The fraction of sp³-hybridized carbons (Fsp3) is 0.250. The number of nitrogens with zero attached hydrogens (tertiary/aromatic N) is 3. The average molecular weight is 415 g/mol. The standard InChI is InChI=1S/C12H7Cl2F3N4O3S/c1-25(22,23)10-8(4-18)20-21-11(10,19)9-6(13)2-5(3-7(9)14)24-12(15,16)17/h2-3H,19H2,1H3. The van der Waals surface area contributed by atoms with E-state index in [1.54, 1.807) is 0 Å². The quantitative estimate of drug-likeness (QED) is 0.813. The number of halogens is 5. The monoisotopic (exact) mass is 414 g/mol. The van der Waals surface area contributed by atoms with E-state index in [1.165, 1.54) is 6.07 Å². The Morgan fingerprint density at radius 2 is 1.84 bits per heavy atom. The predicted molar refractivity (Wildman–Crippen MR) is 81.3 cm³/mol.